The third-order valence-electron chi connectivity index (χ3n) is 5.72. The van der Waals surface area contributed by atoms with E-state index in [1.807, 2.05) is 0 Å². The van der Waals surface area contributed by atoms with Gasteiger partial charge in [0.25, 0.3) is 0 Å². The first-order valence-electron chi connectivity index (χ1n) is 8.86. The summed E-state index contributed by atoms with van der Waals surface area (Å²) in [6.07, 6.45) is 9.30. The zero-order valence-electron chi connectivity index (χ0n) is 14.3. The SMILES string of the molecule is CC1(N)CCCCC1C(=O)NC1CCN(CC2CC2)CC1.Cl.Cl. The molecule has 1 saturated heterocycles. The van der Waals surface area contributed by atoms with Crippen LogP contribution in [0.5, 0.6) is 0 Å². The van der Waals surface area contributed by atoms with Crippen LogP contribution in [0, 0.1) is 11.8 Å². The minimum atomic E-state index is -0.311. The smallest absolute Gasteiger partial charge is 0.225 e. The summed E-state index contributed by atoms with van der Waals surface area (Å²) in [6.45, 7) is 5.62. The number of piperidine rings is 1. The molecule has 4 nitrogen and oxygen atoms in total. The number of amides is 1. The Labute approximate surface area is 153 Å². The molecule has 3 N–H and O–H groups in total. The Morgan fingerprint density at radius 1 is 1.13 bits per heavy atom. The molecule has 2 saturated carbocycles. The molecule has 0 aromatic rings. The number of carbonyl (C=O) groups excluding carboxylic acids is 1. The summed E-state index contributed by atoms with van der Waals surface area (Å²) in [5, 5.41) is 3.29. The Balaban J connectivity index is 0.00000132. The second-order valence-electron chi connectivity index (χ2n) is 7.83. The molecule has 0 bridgehead atoms. The predicted octanol–water partition coefficient (Wildman–Crippen LogP) is 2.73. The fourth-order valence-electron chi connectivity index (χ4n) is 4.02. The first kappa shape index (κ1) is 21.0. The second kappa shape index (κ2) is 8.89. The fourth-order valence-corrected chi connectivity index (χ4v) is 4.02. The van der Waals surface area contributed by atoms with Crippen LogP contribution < -0.4 is 11.1 Å². The molecule has 0 radical (unpaired) electrons. The van der Waals surface area contributed by atoms with Crippen LogP contribution in [0.25, 0.3) is 0 Å². The van der Waals surface area contributed by atoms with Gasteiger partial charge in [0.15, 0.2) is 0 Å². The number of hydrogen-bond donors (Lipinski definition) is 2. The van der Waals surface area contributed by atoms with Crippen molar-refractivity contribution >= 4 is 30.7 Å². The van der Waals surface area contributed by atoms with Crippen LogP contribution in [0.15, 0.2) is 0 Å². The summed E-state index contributed by atoms with van der Waals surface area (Å²) in [4.78, 5) is 15.1. The lowest BCUT2D eigenvalue weighted by molar-refractivity contribution is -0.129. The zero-order valence-corrected chi connectivity index (χ0v) is 15.9. The summed E-state index contributed by atoms with van der Waals surface area (Å²) in [5.74, 6) is 1.19. The number of halogens is 2. The van der Waals surface area contributed by atoms with Gasteiger partial charge in [-0.15, -0.1) is 24.8 Å². The molecule has 2 atom stereocenters. The van der Waals surface area contributed by atoms with Gasteiger partial charge in [0.05, 0.1) is 5.92 Å². The number of rotatable bonds is 4. The monoisotopic (exact) mass is 365 g/mol. The van der Waals surface area contributed by atoms with Gasteiger partial charge in [0.2, 0.25) is 5.91 Å². The molecular formula is C17H33Cl2N3O. The average Bonchev–Trinajstić information content (AvgIpc) is 3.24. The van der Waals surface area contributed by atoms with Crippen LogP contribution in [0.4, 0.5) is 0 Å². The molecule has 3 aliphatic rings. The molecule has 2 aliphatic carbocycles. The van der Waals surface area contributed by atoms with Crippen molar-refractivity contribution in [2.45, 2.75) is 69.9 Å². The molecule has 23 heavy (non-hydrogen) atoms. The predicted molar refractivity (Wildman–Crippen MR) is 99.4 cm³/mol. The Hall–Kier alpha value is -0.0300. The van der Waals surface area contributed by atoms with Crippen molar-refractivity contribution in [3.8, 4) is 0 Å². The van der Waals surface area contributed by atoms with Gasteiger partial charge >= 0.3 is 0 Å². The first-order chi connectivity index (χ1) is 10.0. The molecule has 1 amide bonds. The van der Waals surface area contributed by atoms with Crippen molar-refractivity contribution < 1.29 is 4.79 Å². The van der Waals surface area contributed by atoms with Crippen LogP contribution in [-0.2, 0) is 4.79 Å². The summed E-state index contributed by atoms with van der Waals surface area (Å²) >= 11 is 0. The minimum absolute atomic E-state index is 0. The highest BCUT2D eigenvalue weighted by Crippen LogP contribution is 2.32. The Bertz CT molecular complexity index is 380. The maximum Gasteiger partial charge on any atom is 0.225 e. The maximum atomic E-state index is 12.5. The highest BCUT2D eigenvalue weighted by atomic mass is 35.5. The summed E-state index contributed by atoms with van der Waals surface area (Å²) < 4.78 is 0. The van der Waals surface area contributed by atoms with Crippen molar-refractivity contribution in [1.82, 2.24) is 10.2 Å². The molecule has 0 aromatic heterocycles. The molecule has 1 heterocycles. The van der Waals surface area contributed by atoms with Crippen LogP contribution in [0.1, 0.15) is 58.3 Å². The second-order valence-corrected chi connectivity index (χ2v) is 7.83. The lowest BCUT2D eigenvalue weighted by atomic mass is 9.74. The van der Waals surface area contributed by atoms with E-state index in [2.05, 4.69) is 17.1 Å². The van der Waals surface area contributed by atoms with Crippen molar-refractivity contribution in [3.63, 3.8) is 0 Å². The standard InChI is InChI=1S/C17H31N3O.2ClH/c1-17(18)9-3-2-4-15(17)16(21)19-14-7-10-20(11-8-14)12-13-5-6-13;;/h13-15H,2-12,18H2,1H3,(H,19,21);2*1H. The van der Waals surface area contributed by atoms with Gasteiger partial charge in [0, 0.05) is 31.2 Å². The van der Waals surface area contributed by atoms with Gasteiger partial charge in [-0.2, -0.15) is 0 Å². The third-order valence-corrected chi connectivity index (χ3v) is 5.72. The van der Waals surface area contributed by atoms with E-state index >= 15 is 0 Å². The van der Waals surface area contributed by atoms with Crippen LogP contribution in [0.3, 0.4) is 0 Å². The molecule has 1 aliphatic heterocycles. The molecule has 3 rings (SSSR count). The van der Waals surface area contributed by atoms with E-state index in [1.165, 1.54) is 19.4 Å². The Morgan fingerprint density at radius 2 is 1.78 bits per heavy atom. The van der Waals surface area contributed by atoms with Gasteiger partial charge in [-0.05, 0) is 51.4 Å². The van der Waals surface area contributed by atoms with E-state index in [0.717, 1.165) is 57.5 Å². The van der Waals surface area contributed by atoms with Gasteiger partial charge in [-0.25, -0.2) is 0 Å². The Kier molecular flexibility index (Phi) is 8.12. The topological polar surface area (TPSA) is 58.4 Å². The molecule has 2 unspecified atom stereocenters. The highest BCUT2D eigenvalue weighted by molar-refractivity contribution is 5.85. The molecule has 0 aromatic carbocycles. The normalized spacial score (nSPS) is 32.5. The highest BCUT2D eigenvalue weighted by Gasteiger charge is 2.38. The first-order valence-corrected chi connectivity index (χ1v) is 8.86. The average molecular weight is 366 g/mol. The van der Waals surface area contributed by atoms with E-state index in [1.54, 1.807) is 0 Å². The largest absolute Gasteiger partial charge is 0.353 e. The zero-order chi connectivity index (χ0) is 14.9. The molecule has 0 spiro atoms. The van der Waals surface area contributed by atoms with Gasteiger partial charge in [-0.3, -0.25) is 4.79 Å². The number of hydrogen-bond acceptors (Lipinski definition) is 3. The van der Waals surface area contributed by atoms with Crippen molar-refractivity contribution in [2.24, 2.45) is 17.6 Å². The van der Waals surface area contributed by atoms with E-state index in [0.29, 0.717) is 6.04 Å². The number of carbonyl (C=O) groups is 1. The lowest BCUT2D eigenvalue weighted by Gasteiger charge is -2.39. The van der Waals surface area contributed by atoms with Crippen molar-refractivity contribution in [2.75, 3.05) is 19.6 Å². The number of nitrogens with two attached hydrogens (primary N) is 1. The molecular weight excluding hydrogens is 333 g/mol. The Morgan fingerprint density at radius 3 is 2.35 bits per heavy atom. The van der Waals surface area contributed by atoms with E-state index < -0.39 is 0 Å². The van der Waals surface area contributed by atoms with Gasteiger partial charge < -0.3 is 16.0 Å². The molecule has 6 heteroatoms. The van der Waals surface area contributed by atoms with E-state index in [9.17, 15) is 4.79 Å². The van der Waals surface area contributed by atoms with Crippen molar-refractivity contribution in [3.05, 3.63) is 0 Å². The number of nitrogens with one attached hydrogen (secondary N) is 1. The van der Waals surface area contributed by atoms with Crippen LogP contribution in [-0.4, -0.2) is 42.0 Å². The van der Waals surface area contributed by atoms with Crippen LogP contribution in [0.2, 0.25) is 0 Å². The van der Waals surface area contributed by atoms with Gasteiger partial charge in [-0.1, -0.05) is 12.8 Å². The fraction of sp³-hybridized carbons (Fsp3) is 0.941. The number of likely N-dealkylation sites (tertiary alicyclic amines) is 1. The lowest BCUT2D eigenvalue weighted by Crippen LogP contribution is -2.55. The summed E-state index contributed by atoms with van der Waals surface area (Å²) in [6, 6.07) is 0.366. The molecule has 136 valence electrons. The van der Waals surface area contributed by atoms with Gasteiger partial charge in [0.1, 0.15) is 0 Å². The summed E-state index contributed by atoms with van der Waals surface area (Å²) in [5.41, 5.74) is 6.03. The van der Waals surface area contributed by atoms with Crippen molar-refractivity contribution in [1.29, 1.82) is 0 Å². The van der Waals surface area contributed by atoms with E-state index in [4.69, 9.17) is 5.73 Å². The number of nitrogens with zero attached hydrogens (tertiary/aromatic N) is 1. The van der Waals surface area contributed by atoms with E-state index in [-0.39, 0.29) is 42.2 Å². The third kappa shape index (κ3) is 5.77. The maximum absolute atomic E-state index is 12.5. The minimum Gasteiger partial charge on any atom is -0.353 e. The summed E-state index contributed by atoms with van der Waals surface area (Å²) in [7, 11) is 0. The quantitative estimate of drug-likeness (QED) is 0.804. The van der Waals surface area contributed by atoms with Crippen LogP contribution >= 0.6 is 24.8 Å². The molecule has 3 fully saturated rings.